The highest BCUT2D eigenvalue weighted by Gasteiger charge is 2.16. The van der Waals surface area contributed by atoms with Crippen LogP contribution < -0.4 is 10.0 Å². The van der Waals surface area contributed by atoms with Gasteiger partial charge in [0.05, 0.1) is 0 Å². The molecule has 0 aromatic carbocycles. The highest BCUT2D eigenvalue weighted by molar-refractivity contribution is 7.91. The highest BCUT2D eigenvalue weighted by atomic mass is 32.2. The molecule has 0 aliphatic rings. The predicted octanol–water partition coefficient (Wildman–Crippen LogP) is 2.12. The molecule has 114 valence electrons. The van der Waals surface area contributed by atoms with E-state index in [1.807, 2.05) is 5.38 Å². The van der Waals surface area contributed by atoms with Crippen molar-refractivity contribution in [3.63, 3.8) is 0 Å². The Balaban J connectivity index is 1.99. The first-order valence-corrected chi connectivity index (χ1v) is 9.03. The summed E-state index contributed by atoms with van der Waals surface area (Å²) in [5, 5.41) is 5.14. The molecule has 0 saturated heterocycles. The highest BCUT2D eigenvalue weighted by Crippen LogP contribution is 2.20. The Kier molecular flexibility index (Phi) is 5.46. The molecule has 0 saturated carbocycles. The molecule has 7 heteroatoms. The Hall–Kier alpha value is -1.28. The Bertz CT molecular complexity index is 667. The number of sulfonamides is 1. The van der Waals surface area contributed by atoms with E-state index < -0.39 is 10.0 Å². The molecule has 2 aromatic heterocycles. The topological polar surface area (TPSA) is 71.1 Å². The van der Waals surface area contributed by atoms with Crippen molar-refractivity contribution >= 4 is 21.4 Å². The summed E-state index contributed by atoms with van der Waals surface area (Å²) in [5.74, 6) is 0. The van der Waals surface area contributed by atoms with Gasteiger partial charge in [0.15, 0.2) is 0 Å². The van der Waals surface area contributed by atoms with Gasteiger partial charge < -0.3 is 5.32 Å². The van der Waals surface area contributed by atoms with Gasteiger partial charge in [-0.05, 0) is 34.7 Å². The second-order valence-corrected chi connectivity index (χ2v) is 7.89. The molecule has 0 unspecified atom stereocenters. The molecule has 2 N–H and O–H groups in total. The van der Waals surface area contributed by atoms with Crippen LogP contribution in [0.5, 0.6) is 0 Å². The van der Waals surface area contributed by atoms with Crippen molar-refractivity contribution in [2.24, 2.45) is 0 Å². The number of pyridine rings is 1. The molecule has 0 atom stereocenters. The van der Waals surface area contributed by atoms with Gasteiger partial charge in [-0.2, -0.15) is 0 Å². The first kappa shape index (κ1) is 16.1. The van der Waals surface area contributed by atoms with Crippen LogP contribution in [0.3, 0.4) is 0 Å². The molecule has 0 aliphatic carbocycles. The van der Waals surface area contributed by atoms with Gasteiger partial charge in [0.25, 0.3) is 0 Å². The SMILES string of the molecule is CC(C)NCc1csc(S(=O)(=O)NCc2ccncc2)c1. The Morgan fingerprint density at radius 2 is 1.90 bits per heavy atom. The quantitative estimate of drug-likeness (QED) is 0.818. The minimum absolute atomic E-state index is 0.266. The number of hydrogen-bond acceptors (Lipinski definition) is 5. The van der Waals surface area contributed by atoms with Crippen LogP contribution in [0.25, 0.3) is 0 Å². The van der Waals surface area contributed by atoms with Gasteiger partial charge in [-0.25, -0.2) is 13.1 Å². The van der Waals surface area contributed by atoms with E-state index in [2.05, 4.69) is 28.9 Å². The summed E-state index contributed by atoms with van der Waals surface area (Å²) in [6.07, 6.45) is 3.29. The number of rotatable bonds is 7. The van der Waals surface area contributed by atoms with Crippen LogP contribution >= 0.6 is 11.3 Å². The third kappa shape index (κ3) is 4.89. The fourth-order valence-corrected chi connectivity index (χ4v) is 3.93. The van der Waals surface area contributed by atoms with Crippen LogP contribution in [0.4, 0.5) is 0 Å². The lowest BCUT2D eigenvalue weighted by molar-refractivity contribution is 0.582. The van der Waals surface area contributed by atoms with Gasteiger partial charge in [0.1, 0.15) is 4.21 Å². The standard InChI is InChI=1S/C14H19N3O2S2/c1-11(2)16-8-13-7-14(20-10-13)21(18,19)17-9-12-3-5-15-6-4-12/h3-7,10-11,16-17H,8-9H2,1-2H3. The monoisotopic (exact) mass is 325 g/mol. The average Bonchev–Trinajstić information content (AvgIpc) is 2.94. The Labute approximate surface area is 129 Å². The summed E-state index contributed by atoms with van der Waals surface area (Å²) in [6, 6.07) is 5.66. The van der Waals surface area contributed by atoms with Gasteiger partial charge in [-0.15, -0.1) is 11.3 Å². The van der Waals surface area contributed by atoms with Crippen LogP contribution in [0.2, 0.25) is 0 Å². The van der Waals surface area contributed by atoms with E-state index in [4.69, 9.17) is 0 Å². The van der Waals surface area contributed by atoms with Crippen LogP contribution in [0.1, 0.15) is 25.0 Å². The molecular weight excluding hydrogens is 306 g/mol. The zero-order chi connectivity index (χ0) is 15.3. The zero-order valence-corrected chi connectivity index (χ0v) is 13.7. The molecule has 21 heavy (non-hydrogen) atoms. The van der Waals surface area contributed by atoms with Gasteiger partial charge in [-0.1, -0.05) is 13.8 Å². The van der Waals surface area contributed by atoms with Crippen LogP contribution in [0, 0.1) is 0 Å². The summed E-state index contributed by atoms with van der Waals surface area (Å²) in [4.78, 5) is 3.90. The summed E-state index contributed by atoms with van der Waals surface area (Å²) < 4.78 is 27.4. The Morgan fingerprint density at radius 1 is 1.19 bits per heavy atom. The number of thiophene rings is 1. The molecule has 0 aliphatic heterocycles. The van der Waals surface area contributed by atoms with E-state index >= 15 is 0 Å². The fourth-order valence-electron chi connectivity index (χ4n) is 1.66. The average molecular weight is 325 g/mol. The summed E-state index contributed by atoms with van der Waals surface area (Å²) >= 11 is 1.24. The lowest BCUT2D eigenvalue weighted by Crippen LogP contribution is -2.23. The van der Waals surface area contributed by atoms with Crippen molar-refractivity contribution in [2.75, 3.05) is 0 Å². The first-order chi connectivity index (χ1) is 9.97. The van der Waals surface area contributed by atoms with Gasteiger partial charge >= 0.3 is 0 Å². The maximum Gasteiger partial charge on any atom is 0.250 e. The van der Waals surface area contributed by atoms with E-state index in [0.717, 1.165) is 11.1 Å². The van der Waals surface area contributed by atoms with Crippen LogP contribution in [0.15, 0.2) is 40.2 Å². The molecule has 0 fully saturated rings. The summed E-state index contributed by atoms with van der Waals surface area (Å²) in [7, 11) is -3.46. The molecular formula is C14H19N3O2S2. The van der Waals surface area contributed by atoms with E-state index in [-0.39, 0.29) is 6.54 Å². The largest absolute Gasteiger partial charge is 0.310 e. The Morgan fingerprint density at radius 3 is 2.57 bits per heavy atom. The molecule has 2 rings (SSSR count). The van der Waals surface area contributed by atoms with Gasteiger partial charge in [-0.3, -0.25) is 4.98 Å². The minimum atomic E-state index is -3.46. The lowest BCUT2D eigenvalue weighted by atomic mass is 10.3. The molecule has 2 heterocycles. The van der Waals surface area contributed by atoms with E-state index in [0.29, 0.717) is 16.8 Å². The number of aromatic nitrogens is 1. The molecule has 0 amide bonds. The number of nitrogens with one attached hydrogen (secondary N) is 2. The second-order valence-electron chi connectivity index (χ2n) is 4.99. The van der Waals surface area contributed by atoms with Crippen LogP contribution in [-0.4, -0.2) is 19.4 Å². The van der Waals surface area contributed by atoms with E-state index in [9.17, 15) is 8.42 Å². The normalized spacial score (nSPS) is 12.0. The van der Waals surface area contributed by atoms with Crippen molar-refractivity contribution in [3.05, 3.63) is 47.1 Å². The third-order valence-electron chi connectivity index (χ3n) is 2.82. The van der Waals surface area contributed by atoms with Crippen molar-refractivity contribution in [3.8, 4) is 0 Å². The zero-order valence-electron chi connectivity index (χ0n) is 12.0. The lowest BCUT2D eigenvalue weighted by Gasteiger charge is -2.06. The molecule has 2 aromatic rings. The predicted molar refractivity (Wildman–Crippen MR) is 84.6 cm³/mol. The summed E-state index contributed by atoms with van der Waals surface area (Å²) in [5.41, 5.74) is 1.87. The van der Waals surface area contributed by atoms with Crippen LogP contribution in [-0.2, 0) is 23.1 Å². The van der Waals surface area contributed by atoms with Gasteiger partial charge in [0, 0.05) is 31.5 Å². The minimum Gasteiger partial charge on any atom is -0.310 e. The second kappa shape index (κ2) is 7.13. The number of nitrogens with zero attached hydrogens (tertiary/aromatic N) is 1. The van der Waals surface area contributed by atoms with Gasteiger partial charge in [0.2, 0.25) is 10.0 Å². The number of hydrogen-bond donors (Lipinski definition) is 2. The van der Waals surface area contributed by atoms with Crippen molar-refractivity contribution in [1.29, 1.82) is 0 Å². The maximum absolute atomic E-state index is 12.2. The van der Waals surface area contributed by atoms with Crippen molar-refractivity contribution in [2.45, 2.75) is 37.2 Å². The molecule has 5 nitrogen and oxygen atoms in total. The van der Waals surface area contributed by atoms with Crippen molar-refractivity contribution < 1.29 is 8.42 Å². The van der Waals surface area contributed by atoms with Crippen molar-refractivity contribution in [1.82, 2.24) is 15.0 Å². The van der Waals surface area contributed by atoms with E-state index in [1.165, 1.54) is 11.3 Å². The third-order valence-corrected chi connectivity index (χ3v) is 5.71. The molecule has 0 spiro atoms. The fraction of sp³-hybridized carbons (Fsp3) is 0.357. The molecule has 0 bridgehead atoms. The first-order valence-electron chi connectivity index (χ1n) is 6.67. The van der Waals surface area contributed by atoms with E-state index in [1.54, 1.807) is 30.6 Å². The summed E-state index contributed by atoms with van der Waals surface area (Å²) in [6.45, 7) is 5.05. The smallest absolute Gasteiger partial charge is 0.250 e. The molecule has 0 radical (unpaired) electrons. The maximum atomic E-state index is 12.2.